The van der Waals surface area contributed by atoms with Crippen LogP contribution in [0.3, 0.4) is 0 Å². The molecular formula is C11H18N2O2. The van der Waals surface area contributed by atoms with Crippen LogP contribution in [0.25, 0.3) is 0 Å². The average Bonchev–Trinajstić information content (AvgIpc) is 2.65. The number of carboxylic acids is 1. The molecule has 1 atom stereocenters. The van der Waals surface area contributed by atoms with E-state index in [1.165, 1.54) is 0 Å². The minimum Gasteiger partial charge on any atom is -0.481 e. The number of anilines is 1. The topological polar surface area (TPSA) is 56.3 Å². The zero-order valence-electron chi connectivity index (χ0n) is 9.40. The third-order valence-electron chi connectivity index (χ3n) is 2.61. The first kappa shape index (κ1) is 11.6. The Morgan fingerprint density at radius 1 is 1.60 bits per heavy atom. The van der Waals surface area contributed by atoms with Crippen molar-refractivity contribution in [2.24, 2.45) is 11.8 Å². The van der Waals surface area contributed by atoms with Gasteiger partial charge < -0.3 is 15.0 Å². The summed E-state index contributed by atoms with van der Waals surface area (Å²) in [7, 11) is 1.90. The minimum absolute atomic E-state index is 0.142. The highest BCUT2D eigenvalue weighted by Crippen LogP contribution is 2.17. The lowest BCUT2D eigenvalue weighted by Gasteiger charge is -2.24. The fourth-order valence-electron chi connectivity index (χ4n) is 1.53. The third-order valence-corrected chi connectivity index (χ3v) is 2.61. The molecule has 1 heterocycles. The second-order valence-electron chi connectivity index (χ2n) is 4.14. The number of aromatic amines is 1. The van der Waals surface area contributed by atoms with Crippen LogP contribution in [0.5, 0.6) is 0 Å². The molecule has 1 unspecified atom stereocenters. The van der Waals surface area contributed by atoms with Gasteiger partial charge in [-0.2, -0.15) is 0 Å². The number of aliphatic carboxylic acids is 1. The molecule has 0 saturated heterocycles. The van der Waals surface area contributed by atoms with Crippen LogP contribution in [0.1, 0.15) is 13.8 Å². The van der Waals surface area contributed by atoms with Crippen molar-refractivity contribution in [1.29, 1.82) is 0 Å². The maximum absolute atomic E-state index is 11.0. The minimum atomic E-state index is -0.729. The number of H-pyrrole nitrogens is 1. The van der Waals surface area contributed by atoms with Gasteiger partial charge in [0.25, 0.3) is 0 Å². The Kier molecular flexibility index (Phi) is 3.77. The molecule has 0 aliphatic carbocycles. The third kappa shape index (κ3) is 3.01. The molecule has 1 aromatic heterocycles. The van der Waals surface area contributed by atoms with Gasteiger partial charge in [-0.05, 0) is 12.0 Å². The summed E-state index contributed by atoms with van der Waals surface area (Å²) < 4.78 is 0. The van der Waals surface area contributed by atoms with E-state index in [1.807, 2.05) is 44.3 Å². The summed E-state index contributed by atoms with van der Waals surface area (Å²) in [5.41, 5.74) is 1.02. The maximum Gasteiger partial charge on any atom is 0.308 e. The van der Waals surface area contributed by atoms with Gasteiger partial charge in [0.2, 0.25) is 0 Å². The summed E-state index contributed by atoms with van der Waals surface area (Å²) in [6, 6.07) is 1.93. The number of rotatable bonds is 5. The Hall–Kier alpha value is -1.45. The van der Waals surface area contributed by atoms with E-state index in [9.17, 15) is 4.79 Å². The molecule has 0 amide bonds. The lowest BCUT2D eigenvalue weighted by Crippen LogP contribution is -2.33. The molecule has 0 spiro atoms. The van der Waals surface area contributed by atoms with Gasteiger partial charge >= 0.3 is 5.97 Å². The Bertz CT molecular complexity index is 306. The van der Waals surface area contributed by atoms with E-state index in [1.54, 1.807) is 0 Å². The summed E-state index contributed by atoms with van der Waals surface area (Å²) in [4.78, 5) is 15.9. The molecule has 2 N–H and O–H groups in total. The van der Waals surface area contributed by atoms with E-state index < -0.39 is 5.97 Å². The van der Waals surface area contributed by atoms with Crippen molar-refractivity contribution in [2.75, 3.05) is 18.5 Å². The quantitative estimate of drug-likeness (QED) is 0.779. The summed E-state index contributed by atoms with van der Waals surface area (Å²) in [5, 5.41) is 9.06. The maximum atomic E-state index is 11.0. The second-order valence-corrected chi connectivity index (χ2v) is 4.14. The summed E-state index contributed by atoms with van der Waals surface area (Å²) >= 11 is 0. The molecule has 15 heavy (non-hydrogen) atoms. The highest BCUT2D eigenvalue weighted by atomic mass is 16.4. The molecule has 1 aromatic rings. The van der Waals surface area contributed by atoms with Crippen molar-refractivity contribution in [3.05, 3.63) is 18.5 Å². The number of carbonyl (C=O) groups is 1. The zero-order valence-corrected chi connectivity index (χ0v) is 9.40. The van der Waals surface area contributed by atoms with Gasteiger partial charge in [-0.15, -0.1) is 0 Å². The highest BCUT2D eigenvalue weighted by Gasteiger charge is 2.23. The number of hydrogen-bond acceptors (Lipinski definition) is 2. The first-order valence-electron chi connectivity index (χ1n) is 5.09. The van der Waals surface area contributed by atoms with Gasteiger partial charge in [-0.25, -0.2) is 0 Å². The molecule has 0 aromatic carbocycles. The largest absolute Gasteiger partial charge is 0.481 e. The molecule has 4 heteroatoms. The number of nitrogens with zero attached hydrogens (tertiary/aromatic N) is 1. The summed E-state index contributed by atoms with van der Waals surface area (Å²) in [5.74, 6) is -0.916. The van der Waals surface area contributed by atoms with Gasteiger partial charge in [0.1, 0.15) is 0 Å². The molecule has 84 valence electrons. The van der Waals surface area contributed by atoms with Gasteiger partial charge in [0.05, 0.1) is 11.6 Å². The van der Waals surface area contributed by atoms with Crippen LogP contribution < -0.4 is 4.90 Å². The van der Waals surface area contributed by atoms with Crippen LogP contribution in [-0.4, -0.2) is 29.7 Å². The standard InChI is InChI=1S/C11H18N2O2/c1-8(2)10(11(14)15)7-13(3)9-4-5-12-6-9/h4-6,8,10,12H,7H2,1-3H3,(H,14,15). The van der Waals surface area contributed by atoms with Crippen molar-refractivity contribution < 1.29 is 9.90 Å². The number of carboxylic acid groups (broad SMARTS) is 1. The molecule has 0 saturated carbocycles. The van der Waals surface area contributed by atoms with Crippen LogP contribution in [0, 0.1) is 11.8 Å². The predicted octanol–water partition coefficient (Wildman–Crippen LogP) is 1.81. The smallest absolute Gasteiger partial charge is 0.308 e. The van der Waals surface area contributed by atoms with E-state index in [4.69, 9.17) is 5.11 Å². The van der Waals surface area contributed by atoms with E-state index in [2.05, 4.69) is 4.98 Å². The van der Waals surface area contributed by atoms with E-state index in [-0.39, 0.29) is 11.8 Å². The molecular weight excluding hydrogens is 192 g/mol. The Balaban J connectivity index is 2.63. The molecule has 1 rings (SSSR count). The molecule has 0 aliphatic rings. The van der Waals surface area contributed by atoms with Gasteiger partial charge in [0, 0.05) is 26.0 Å². The van der Waals surface area contributed by atoms with Crippen LogP contribution >= 0.6 is 0 Å². The fraction of sp³-hybridized carbons (Fsp3) is 0.545. The van der Waals surface area contributed by atoms with Crippen LogP contribution in [0.15, 0.2) is 18.5 Å². The summed E-state index contributed by atoms with van der Waals surface area (Å²) in [6.07, 6.45) is 3.69. The SMILES string of the molecule is CC(C)C(CN(C)c1cc[nH]c1)C(=O)O. The van der Waals surface area contributed by atoms with Crippen LogP contribution in [0.4, 0.5) is 5.69 Å². The number of nitrogens with one attached hydrogen (secondary N) is 1. The van der Waals surface area contributed by atoms with Crippen molar-refractivity contribution in [3.63, 3.8) is 0 Å². The molecule has 0 radical (unpaired) electrons. The van der Waals surface area contributed by atoms with Crippen molar-refractivity contribution in [3.8, 4) is 0 Å². The first-order valence-corrected chi connectivity index (χ1v) is 5.09. The van der Waals surface area contributed by atoms with Crippen LogP contribution in [0.2, 0.25) is 0 Å². The van der Waals surface area contributed by atoms with Crippen molar-refractivity contribution in [1.82, 2.24) is 4.98 Å². The lowest BCUT2D eigenvalue weighted by molar-refractivity contribution is -0.142. The number of hydrogen-bond donors (Lipinski definition) is 2. The summed E-state index contributed by atoms with van der Waals surface area (Å²) in [6.45, 7) is 4.40. The average molecular weight is 210 g/mol. The molecule has 0 fully saturated rings. The lowest BCUT2D eigenvalue weighted by atomic mass is 9.95. The van der Waals surface area contributed by atoms with Gasteiger partial charge in [0.15, 0.2) is 0 Å². The molecule has 0 aliphatic heterocycles. The van der Waals surface area contributed by atoms with Gasteiger partial charge in [-0.3, -0.25) is 4.79 Å². The molecule has 0 bridgehead atoms. The number of aromatic nitrogens is 1. The Labute approximate surface area is 89.9 Å². The molecule has 4 nitrogen and oxygen atoms in total. The predicted molar refractivity (Wildman–Crippen MR) is 60.0 cm³/mol. The first-order chi connectivity index (χ1) is 7.02. The second kappa shape index (κ2) is 4.87. The normalized spacial score (nSPS) is 12.8. The van der Waals surface area contributed by atoms with E-state index in [0.29, 0.717) is 6.54 Å². The Morgan fingerprint density at radius 2 is 2.27 bits per heavy atom. The van der Waals surface area contributed by atoms with Gasteiger partial charge in [-0.1, -0.05) is 13.8 Å². The van der Waals surface area contributed by atoms with Crippen molar-refractivity contribution >= 4 is 11.7 Å². The van der Waals surface area contributed by atoms with Crippen molar-refractivity contribution in [2.45, 2.75) is 13.8 Å². The zero-order chi connectivity index (χ0) is 11.4. The fourth-order valence-corrected chi connectivity index (χ4v) is 1.53. The van der Waals surface area contributed by atoms with E-state index in [0.717, 1.165) is 5.69 Å². The highest BCUT2D eigenvalue weighted by molar-refractivity contribution is 5.71. The monoisotopic (exact) mass is 210 g/mol. The Morgan fingerprint density at radius 3 is 2.67 bits per heavy atom. The van der Waals surface area contributed by atoms with E-state index >= 15 is 0 Å². The van der Waals surface area contributed by atoms with Crippen LogP contribution in [-0.2, 0) is 4.79 Å².